The zero-order valence-electron chi connectivity index (χ0n) is 11.7. The van der Waals surface area contributed by atoms with Crippen LogP contribution < -0.4 is 10.9 Å². The standard InChI is InChI=1S/C13H22ClN3O2/c1-4-10(5-6-18)16-11-7-15-17(8-9(2)3)13(19)12(11)14/h7,9-10,16,18H,4-6,8H2,1-3H3. The van der Waals surface area contributed by atoms with E-state index in [4.69, 9.17) is 16.7 Å². The average molecular weight is 288 g/mol. The first-order chi connectivity index (χ1) is 8.99. The van der Waals surface area contributed by atoms with Gasteiger partial charge in [-0.2, -0.15) is 5.10 Å². The summed E-state index contributed by atoms with van der Waals surface area (Å²) in [7, 11) is 0. The molecule has 1 atom stereocenters. The predicted octanol–water partition coefficient (Wildman–Crippen LogP) is 2.13. The lowest BCUT2D eigenvalue weighted by atomic mass is 10.1. The van der Waals surface area contributed by atoms with Crippen molar-refractivity contribution in [1.29, 1.82) is 0 Å². The Labute approximate surface area is 118 Å². The van der Waals surface area contributed by atoms with E-state index >= 15 is 0 Å². The molecule has 0 saturated carbocycles. The van der Waals surface area contributed by atoms with Crippen molar-refractivity contribution in [2.45, 2.75) is 46.2 Å². The number of aromatic nitrogens is 2. The van der Waals surface area contributed by atoms with Crippen LogP contribution in [-0.4, -0.2) is 27.5 Å². The highest BCUT2D eigenvalue weighted by Crippen LogP contribution is 2.18. The van der Waals surface area contributed by atoms with Gasteiger partial charge in [0.25, 0.3) is 5.56 Å². The van der Waals surface area contributed by atoms with Crippen LogP contribution in [0.25, 0.3) is 0 Å². The predicted molar refractivity (Wildman–Crippen MR) is 77.7 cm³/mol. The molecule has 5 nitrogen and oxygen atoms in total. The Hall–Kier alpha value is -1.07. The van der Waals surface area contributed by atoms with E-state index < -0.39 is 0 Å². The molecule has 0 aliphatic rings. The third-order valence-corrected chi connectivity index (χ3v) is 3.22. The molecule has 0 bridgehead atoms. The van der Waals surface area contributed by atoms with Gasteiger partial charge in [-0.1, -0.05) is 32.4 Å². The van der Waals surface area contributed by atoms with Crippen LogP contribution in [0.4, 0.5) is 5.69 Å². The molecule has 0 radical (unpaired) electrons. The van der Waals surface area contributed by atoms with Gasteiger partial charge >= 0.3 is 0 Å². The van der Waals surface area contributed by atoms with E-state index in [2.05, 4.69) is 10.4 Å². The van der Waals surface area contributed by atoms with E-state index in [1.54, 1.807) is 6.20 Å². The van der Waals surface area contributed by atoms with Crippen LogP contribution in [0.3, 0.4) is 0 Å². The van der Waals surface area contributed by atoms with E-state index in [1.165, 1.54) is 4.68 Å². The first-order valence-corrected chi connectivity index (χ1v) is 7.00. The average Bonchev–Trinajstić information content (AvgIpc) is 2.37. The zero-order valence-corrected chi connectivity index (χ0v) is 12.4. The van der Waals surface area contributed by atoms with Gasteiger partial charge in [-0.25, -0.2) is 4.68 Å². The SMILES string of the molecule is CCC(CCO)Nc1cnn(CC(C)C)c(=O)c1Cl. The van der Waals surface area contributed by atoms with Gasteiger partial charge in [0, 0.05) is 19.2 Å². The Morgan fingerprint density at radius 1 is 1.53 bits per heavy atom. The number of hydrogen-bond donors (Lipinski definition) is 2. The molecule has 0 aliphatic carbocycles. The Morgan fingerprint density at radius 3 is 2.74 bits per heavy atom. The Morgan fingerprint density at radius 2 is 2.21 bits per heavy atom. The summed E-state index contributed by atoms with van der Waals surface area (Å²) in [6, 6.07) is 0.0876. The smallest absolute Gasteiger partial charge is 0.287 e. The normalized spacial score (nSPS) is 12.7. The third-order valence-electron chi connectivity index (χ3n) is 2.85. The van der Waals surface area contributed by atoms with Gasteiger partial charge in [0.1, 0.15) is 5.02 Å². The van der Waals surface area contributed by atoms with Crippen molar-refractivity contribution in [3.05, 3.63) is 21.6 Å². The maximum Gasteiger partial charge on any atom is 0.287 e. The molecule has 1 aromatic heterocycles. The van der Waals surface area contributed by atoms with Crippen LogP contribution in [-0.2, 0) is 6.54 Å². The minimum atomic E-state index is -0.279. The zero-order chi connectivity index (χ0) is 14.4. The Bertz CT molecular complexity index is 460. The second-order valence-electron chi connectivity index (χ2n) is 5.02. The van der Waals surface area contributed by atoms with E-state index in [0.717, 1.165) is 6.42 Å². The van der Waals surface area contributed by atoms with Gasteiger partial charge in [-0.05, 0) is 18.8 Å². The highest BCUT2D eigenvalue weighted by atomic mass is 35.5. The minimum absolute atomic E-state index is 0.0876. The molecular weight excluding hydrogens is 266 g/mol. The molecule has 0 saturated heterocycles. The second-order valence-corrected chi connectivity index (χ2v) is 5.39. The molecule has 0 fully saturated rings. The molecular formula is C13H22ClN3O2. The van der Waals surface area contributed by atoms with Crippen LogP contribution in [0.15, 0.2) is 11.0 Å². The number of nitrogens with zero attached hydrogens (tertiary/aromatic N) is 2. The molecule has 1 rings (SSSR count). The number of nitrogens with one attached hydrogen (secondary N) is 1. The molecule has 1 heterocycles. The summed E-state index contributed by atoms with van der Waals surface area (Å²) in [5.74, 6) is 0.331. The van der Waals surface area contributed by atoms with Gasteiger partial charge < -0.3 is 10.4 Å². The summed E-state index contributed by atoms with van der Waals surface area (Å²) >= 11 is 6.08. The van der Waals surface area contributed by atoms with Crippen molar-refractivity contribution in [2.75, 3.05) is 11.9 Å². The number of aliphatic hydroxyl groups excluding tert-OH is 1. The van der Waals surface area contributed by atoms with E-state index in [9.17, 15) is 4.79 Å². The lowest BCUT2D eigenvalue weighted by molar-refractivity contribution is 0.278. The molecule has 0 aliphatic heterocycles. The van der Waals surface area contributed by atoms with Crippen LogP contribution in [0.2, 0.25) is 5.02 Å². The van der Waals surface area contributed by atoms with Crippen molar-refractivity contribution in [3.8, 4) is 0 Å². The van der Waals surface area contributed by atoms with Crippen molar-refractivity contribution in [1.82, 2.24) is 9.78 Å². The number of hydrogen-bond acceptors (Lipinski definition) is 4. The van der Waals surface area contributed by atoms with Gasteiger partial charge in [-0.3, -0.25) is 4.79 Å². The highest BCUT2D eigenvalue weighted by molar-refractivity contribution is 6.32. The monoisotopic (exact) mass is 287 g/mol. The lowest BCUT2D eigenvalue weighted by Crippen LogP contribution is -2.28. The number of halogens is 1. The fourth-order valence-corrected chi connectivity index (χ4v) is 2.00. The molecule has 2 N–H and O–H groups in total. The number of rotatable bonds is 7. The summed E-state index contributed by atoms with van der Waals surface area (Å²) in [6.07, 6.45) is 3.03. The van der Waals surface area contributed by atoms with E-state index in [0.29, 0.717) is 24.6 Å². The first-order valence-electron chi connectivity index (χ1n) is 6.62. The minimum Gasteiger partial charge on any atom is -0.396 e. The maximum absolute atomic E-state index is 12.0. The fraction of sp³-hybridized carbons (Fsp3) is 0.692. The number of aliphatic hydroxyl groups is 1. The summed E-state index contributed by atoms with van der Waals surface area (Å²) in [4.78, 5) is 12.0. The van der Waals surface area contributed by atoms with Gasteiger partial charge in [0.2, 0.25) is 0 Å². The summed E-state index contributed by atoms with van der Waals surface area (Å²) in [6.45, 7) is 6.69. The quantitative estimate of drug-likeness (QED) is 0.806. The molecule has 19 heavy (non-hydrogen) atoms. The third kappa shape index (κ3) is 4.51. The summed E-state index contributed by atoms with van der Waals surface area (Å²) in [5.41, 5.74) is 0.256. The first kappa shape index (κ1) is 16.0. The Balaban J connectivity index is 2.92. The fourth-order valence-electron chi connectivity index (χ4n) is 1.80. The molecule has 1 aromatic rings. The number of anilines is 1. The van der Waals surface area contributed by atoms with E-state index in [1.807, 2.05) is 20.8 Å². The molecule has 0 amide bonds. The molecule has 1 unspecified atom stereocenters. The van der Waals surface area contributed by atoms with Crippen LogP contribution in [0.5, 0.6) is 0 Å². The van der Waals surface area contributed by atoms with Crippen LogP contribution >= 0.6 is 11.6 Å². The molecule has 0 aromatic carbocycles. The van der Waals surface area contributed by atoms with E-state index in [-0.39, 0.29) is 23.2 Å². The maximum atomic E-state index is 12.0. The van der Waals surface area contributed by atoms with Crippen LogP contribution in [0.1, 0.15) is 33.6 Å². The van der Waals surface area contributed by atoms with Crippen molar-refractivity contribution >= 4 is 17.3 Å². The Kier molecular flexibility index (Phi) is 6.31. The van der Waals surface area contributed by atoms with Crippen molar-refractivity contribution < 1.29 is 5.11 Å². The molecule has 0 spiro atoms. The van der Waals surface area contributed by atoms with Gasteiger partial charge in [-0.15, -0.1) is 0 Å². The largest absolute Gasteiger partial charge is 0.396 e. The topological polar surface area (TPSA) is 67.2 Å². The van der Waals surface area contributed by atoms with Crippen molar-refractivity contribution in [2.24, 2.45) is 5.92 Å². The highest BCUT2D eigenvalue weighted by Gasteiger charge is 2.13. The summed E-state index contributed by atoms with van der Waals surface area (Å²) in [5, 5.41) is 16.4. The molecule has 6 heteroatoms. The lowest BCUT2D eigenvalue weighted by Gasteiger charge is -2.18. The van der Waals surface area contributed by atoms with Gasteiger partial charge in [0.15, 0.2) is 0 Å². The molecule has 108 valence electrons. The second kappa shape index (κ2) is 7.50. The summed E-state index contributed by atoms with van der Waals surface area (Å²) < 4.78 is 1.38. The van der Waals surface area contributed by atoms with Gasteiger partial charge in [0.05, 0.1) is 11.9 Å². The van der Waals surface area contributed by atoms with Crippen molar-refractivity contribution in [3.63, 3.8) is 0 Å². The van der Waals surface area contributed by atoms with Crippen LogP contribution in [0, 0.1) is 5.92 Å².